The fourth-order valence-electron chi connectivity index (χ4n) is 3.09. The fraction of sp³-hybridized carbons (Fsp3) is 0.316. The zero-order valence-electron chi connectivity index (χ0n) is 14.3. The lowest BCUT2D eigenvalue weighted by Crippen LogP contribution is -2.35. The second-order valence-corrected chi connectivity index (χ2v) is 5.65. The smallest absolute Gasteiger partial charge is 0.333 e. The summed E-state index contributed by atoms with van der Waals surface area (Å²) >= 11 is 0. The van der Waals surface area contributed by atoms with Gasteiger partial charge >= 0.3 is 5.97 Å². The van der Waals surface area contributed by atoms with Gasteiger partial charge in [-0.05, 0) is 25.1 Å². The van der Waals surface area contributed by atoms with Crippen molar-refractivity contribution in [3.8, 4) is 5.75 Å². The molecule has 2 aromatic rings. The Kier molecular flexibility index (Phi) is 4.97. The zero-order chi connectivity index (χ0) is 17.8. The molecular weight excluding hydrogens is 320 g/mol. The van der Waals surface area contributed by atoms with Crippen LogP contribution in [0.15, 0.2) is 42.6 Å². The molecule has 2 heterocycles. The van der Waals surface area contributed by atoms with E-state index in [1.165, 1.54) is 7.11 Å². The molecule has 0 saturated carbocycles. The molecule has 0 spiro atoms. The lowest BCUT2D eigenvalue weighted by Gasteiger charge is -2.23. The van der Waals surface area contributed by atoms with Crippen molar-refractivity contribution in [3.63, 3.8) is 0 Å². The molecule has 0 aliphatic carbocycles. The predicted molar refractivity (Wildman–Crippen MR) is 91.3 cm³/mol. The average molecular weight is 340 g/mol. The summed E-state index contributed by atoms with van der Waals surface area (Å²) in [6.45, 7) is 2.38. The Morgan fingerprint density at radius 3 is 2.76 bits per heavy atom. The van der Waals surface area contributed by atoms with E-state index in [1.54, 1.807) is 36.2 Å². The number of aromatic nitrogens is 1. The highest BCUT2D eigenvalue weighted by molar-refractivity contribution is 6.05. The van der Waals surface area contributed by atoms with Crippen molar-refractivity contribution in [2.75, 3.05) is 20.3 Å². The van der Waals surface area contributed by atoms with Crippen LogP contribution in [0.1, 0.15) is 34.6 Å². The number of rotatable bonds is 6. The van der Waals surface area contributed by atoms with E-state index in [9.17, 15) is 9.59 Å². The molecule has 1 aliphatic rings. The molecule has 6 nitrogen and oxygen atoms in total. The summed E-state index contributed by atoms with van der Waals surface area (Å²) in [6, 6.07) is 10.2. The number of ether oxygens (including phenoxy) is 2. The van der Waals surface area contributed by atoms with Crippen LogP contribution < -0.4 is 4.74 Å². The molecule has 1 aromatic carbocycles. The van der Waals surface area contributed by atoms with E-state index in [-0.39, 0.29) is 12.5 Å². The highest BCUT2D eigenvalue weighted by Gasteiger charge is 2.43. The number of pyridine rings is 1. The second-order valence-electron chi connectivity index (χ2n) is 5.65. The Bertz CT molecular complexity index is 776. The van der Waals surface area contributed by atoms with Crippen molar-refractivity contribution in [3.05, 3.63) is 59.4 Å². The van der Waals surface area contributed by atoms with Crippen LogP contribution in [0.4, 0.5) is 0 Å². The molecule has 1 atom stereocenters. The molecule has 3 rings (SSSR count). The lowest BCUT2D eigenvalue weighted by molar-refractivity contribution is -0.148. The standard InChI is InChI=1S/C19H20N2O4/c1-3-25-19(23)17-14-8-6-9-15(24-2)16(14)18(22)21(17)12-10-13-7-4-5-11-20-13/h4-9,11,17H,3,10,12H2,1-2H3. The van der Waals surface area contributed by atoms with Crippen molar-refractivity contribution in [2.45, 2.75) is 19.4 Å². The Labute approximate surface area is 146 Å². The first kappa shape index (κ1) is 17.0. The molecule has 1 aromatic heterocycles. The number of amides is 1. The second kappa shape index (κ2) is 7.34. The van der Waals surface area contributed by atoms with Crippen LogP contribution in [0.5, 0.6) is 5.75 Å². The Morgan fingerprint density at radius 1 is 1.24 bits per heavy atom. The normalized spacial score (nSPS) is 15.8. The van der Waals surface area contributed by atoms with E-state index >= 15 is 0 Å². The molecule has 0 saturated heterocycles. The number of hydrogen-bond acceptors (Lipinski definition) is 5. The first-order chi connectivity index (χ1) is 12.2. The van der Waals surface area contributed by atoms with Gasteiger partial charge in [0.2, 0.25) is 0 Å². The lowest BCUT2D eigenvalue weighted by atomic mass is 10.0. The molecule has 1 unspecified atom stereocenters. The van der Waals surface area contributed by atoms with E-state index in [0.717, 1.165) is 5.69 Å². The largest absolute Gasteiger partial charge is 0.496 e. The quantitative estimate of drug-likeness (QED) is 0.755. The van der Waals surface area contributed by atoms with Gasteiger partial charge in [-0.25, -0.2) is 4.79 Å². The monoisotopic (exact) mass is 340 g/mol. The minimum Gasteiger partial charge on any atom is -0.496 e. The SMILES string of the molecule is CCOC(=O)C1c2cccc(OC)c2C(=O)N1CCc1ccccn1. The van der Waals surface area contributed by atoms with Crippen molar-refractivity contribution < 1.29 is 19.1 Å². The third kappa shape index (κ3) is 3.20. The molecule has 130 valence electrons. The number of methoxy groups -OCH3 is 1. The average Bonchev–Trinajstić information content (AvgIpc) is 2.93. The Balaban J connectivity index is 1.92. The van der Waals surface area contributed by atoms with Crippen LogP contribution >= 0.6 is 0 Å². The summed E-state index contributed by atoms with van der Waals surface area (Å²) in [7, 11) is 1.51. The molecule has 1 amide bonds. The molecule has 0 radical (unpaired) electrons. The van der Waals surface area contributed by atoms with Gasteiger partial charge in [0.15, 0.2) is 6.04 Å². The van der Waals surface area contributed by atoms with E-state index in [1.807, 2.05) is 18.2 Å². The van der Waals surface area contributed by atoms with E-state index in [2.05, 4.69) is 4.98 Å². The maximum Gasteiger partial charge on any atom is 0.333 e. The van der Waals surface area contributed by atoms with Crippen LogP contribution in [0, 0.1) is 0 Å². The van der Waals surface area contributed by atoms with Gasteiger partial charge in [-0.3, -0.25) is 9.78 Å². The highest BCUT2D eigenvalue weighted by atomic mass is 16.5. The van der Waals surface area contributed by atoms with Gasteiger partial charge in [0.25, 0.3) is 5.91 Å². The third-order valence-corrected chi connectivity index (χ3v) is 4.20. The van der Waals surface area contributed by atoms with Crippen molar-refractivity contribution in [1.82, 2.24) is 9.88 Å². The van der Waals surface area contributed by atoms with E-state index in [4.69, 9.17) is 9.47 Å². The molecule has 6 heteroatoms. The van der Waals surface area contributed by atoms with Gasteiger partial charge in [-0.15, -0.1) is 0 Å². The number of hydrogen-bond donors (Lipinski definition) is 0. The first-order valence-electron chi connectivity index (χ1n) is 8.21. The molecule has 1 aliphatic heterocycles. The van der Waals surface area contributed by atoms with Gasteiger partial charge in [0.1, 0.15) is 5.75 Å². The predicted octanol–water partition coefficient (Wildman–Crippen LogP) is 2.39. The fourth-order valence-corrected chi connectivity index (χ4v) is 3.09. The van der Waals surface area contributed by atoms with Gasteiger partial charge in [-0.2, -0.15) is 0 Å². The number of fused-ring (bicyclic) bond motifs is 1. The maximum atomic E-state index is 12.9. The molecule has 25 heavy (non-hydrogen) atoms. The highest BCUT2D eigenvalue weighted by Crippen LogP contribution is 2.39. The number of nitrogens with zero attached hydrogens (tertiary/aromatic N) is 2. The van der Waals surface area contributed by atoms with E-state index < -0.39 is 12.0 Å². The maximum absolute atomic E-state index is 12.9. The summed E-state index contributed by atoms with van der Waals surface area (Å²) < 4.78 is 10.5. The summed E-state index contributed by atoms with van der Waals surface area (Å²) in [5, 5.41) is 0. The minimum absolute atomic E-state index is 0.221. The van der Waals surface area contributed by atoms with Gasteiger partial charge < -0.3 is 14.4 Å². The summed E-state index contributed by atoms with van der Waals surface area (Å²) in [4.78, 5) is 31.3. The molecule has 0 bridgehead atoms. The summed E-state index contributed by atoms with van der Waals surface area (Å²) in [5.74, 6) is -0.178. The number of carbonyl (C=O) groups excluding carboxylic acids is 2. The topological polar surface area (TPSA) is 68.7 Å². The van der Waals surface area contributed by atoms with Crippen LogP contribution in [0.3, 0.4) is 0 Å². The molecule has 0 fully saturated rings. The van der Waals surface area contributed by atoms with Crippen LogP contribution in [-0.2, 0) is 16.0 Å². The molecular formula is C19H20N2O4. The first-order valence-corrected chi connectivity index (χ1v) is 8.21. The zero-order valence-corrected chi connectivity index (χ0v) is 14.3. The van der Waals surface area contributed by atoms with Gasteiger partial charge in [0, 0.05) is 30.4 Å². The summed E-state index contributed by atoms with van der Waals surface area (Å²) in [5.41, 5.74) is 1.92. The third-order valence-electron chi connectivity index (χ3n) is 4.20. The van der Waals surface area contributed by atoms with Crippen LogP contribution in [-0.4, -0.2) is 42.0 Å². The van der Waals surface area contributed by atoms with Crippen molar-refractivity contribution in [1.29, 1.82) is 0 Å². The van der Waals surface area contributed by atoms with Crippen LogP contribution in [0.2, 0.25) is 0 Å². The number of carbonyl (C=O) groups is 2. The van der Waals surface area contributed by atoms with Crippen molar-refractivity contribution >= 4 is 11.9 Å². The number of esters is 1. The minimum atomic E-state index is -0.749. The molecule has 0 N–H and O–H groups in total. The van der Waals surface area contributed by atoms with Crippen molar-refractivity contribution in [2.24, 2.45) is 0 Å². The Morgan fingerprint density at radius 2 is 2.08 bits per heavy atom. The van der Waals surface area contributed by atoms with Crippen LogP contribution in [0.25, 0.3) is 0 Å². The summed E-state index contributed by atoms with van der Waals surface area (Å²) in [6.07, 6.45) is 2.26. The number of benzene rings is 1. The Hall–Kier alpha value is -2.89. The van der Waals surface area contributed by atoms with Gasteiger partial charge in [0.05, 0.1) is 19.3 Å². The van der Waals surface area contributed by atoms with E-state index in [0.29, 0.717) is 29.8 Å². The van der Waals surface area contributed by atoms with Gasteiger partial charge in [-0.1, -0.05) is 18.2 Å².